The Bertz CT molecular complexity index is 342. The molecule has 1 fully saturated rings. The van der Waals surface area contributed by atoms with Crippen LogP contribution in [0, 0.1) is 0 Å². The predicted molar refractivity (Wildman–Crippen MR) is 71.7 cm³/mol. The smallest absolute Gasteiger partial charge is 0.185 e. The van der Waals surface area contributed by atoms with Crippen LogP contribution in [0.2, 0.25) is 0 Å². The number of thiazole rings is 1. The first kappa shape index (κ1) is 12.8. The second-order valence-electron chi connectivity index (χ2n) is 4.37. The molecule has 4 nitrogen and oxygen atoms in total. The van der Waals surface area contributed by atoms with Crippen molar-refractivity contribution in [3.8, 4) is 0 Å². The van der Waals surface area contributed by atoms with Gasteiger partial charge in [-0.2, -0.15) is 0 Å². The van der Waals surface area contributed by atoms with Crippen molar-refractivity contribution in [3.63, 3.8) is 0 Å². The Morgan fingerprint density at radius 2 is 2.53 bits per heavy atom. The van der Waals surface area contributed by atoms with E-state index in [9.17, 15) is 0 Å². The molecule has 0 amide bonds. The van der Waals surface area contributed by atoms with Gasteiger partial charge >= 0.3 is 0 Å². The fourth-order valence-electron chi connectivity index (χ4n) is 1.94. The molecule has 2 rings (SSSR count). The van der Waals surface area contributed by atoms with Crippen LogP contribution in [0.25, 0.3) is 0 Å². The van der Waals surface area contributed by atoms with Crippen molar-refractivity contribution in [2.75, 3.05) is 31.1 Å². The van der Waals surface area contributed by atoms with Crippen LogP contribution in [0.5, 0.6) is 0 Å². The Labute approximate surface area is 107 Å². The Kier molecular flexibility index (Phi) is 4.76. The summed E-state index contributed by atoms with van der Waals surface area (Å²) in [5.41, 5.74) is 0. The Hall–Kier alpha value is -0.650. The first-order valence-electron chi connectivity index (χ1n) is 6.31. The minimum atomic E-state index is 0.304. The molecule has 1 unspecified atom stereocenters. The van der Waals surface area contributed by atoms with E-state index in [0.29, 0.717) is 6.10 Å². The van der Waals surface area contributed by atoms with Crippen molar-refractivity contribution >= 4 is 16.5 Å². The number of nitrogens with zero attached hydrogens (tertiary/aromatic N) is 2. The number of aromatic nitrogens is 1. The van der Waals surface area contributed by atoms with Gasteiger partial charge in [0.05, 0.1) is 6.10 Å². The normalized spacial score (nSPS) is 21.5. The van der Waals surface area contributed by atoms with Crippen LogP contribution in [0.3, 0.4) is 0 Å². The molecule has 1 atom stereocenters. The van der Waals surface area contributed by atoms with Gasteiger partial charge in [-0.3, -0.25) is 0 Å². The molecule has 2 heterocycles. The average molecular weight is 255 g/mol. The van der Waals surface area contributed by atoms with E-state index in [-0.39, 0.29) is 0 Å². The highest BCUT2D eigenvalue weighted by molar-refractivity contribution is 7.15. The lowest BCUT2D eigenvalue weighted by molar-refractivity contribution is 0.0821. The quantitative estimate of drug-likeness (QED) is 0.891. The summed E-state index contributed by atoms with van der Waals surface area (Å²) in [5.74, 6) is 0. The molecule has 1 aliphatic heterocycles. The fraction of sp³-hybridized carbons (Fsp3) is 0.750. The van der Waals surface area contributed by atoms with Crippen molar-refractivity contribution in [2.24, 2.45) is 0 Å². The van der Waals surface area contributed by atoms with E-state index in [1.807, 2.05) is 6.20 Å². The van der Waals surface area contributed by atoms with Gasteiger partial charge in [-0.25, -0.2) is 4.98 Å². The van der Waals surface area contributed by atoms with E-state index in [2.05, 4.69) is 29.0 Å². The topological polar surface area (TPSA) is 37.4 Å². The summed E-state index contributed by atoms with van der Waals surface area (Å²) in [4.78, 5) is 8.17. The largest absolute Gasteiger partial charge is 0.377 e. The molecule has 5 heteroatoms. The minimum absolute atomic E-state index is 0.304. The molecule has 1 aliphatic rings. The third-order valence-electron chi connectivity index (χ3n) is 2.81. The van der Waals surface area contributed by atoms with E-state index in [4.69, 9.17) is 4.74 Å². The van der Waals surface area contributed by atoms with Crippen LogP contribution >= 0.6 is 11.3 Å². The maximum absolute atomic E-state index is 5.65. The summed E-state index contributed by atoms with van der Waals surface area (Å²) in [5, 5.41) is 4.46. The summed E-state index contributed by atoms with van der Waals surface area (Å²) in [6, 6.07) is 0. The van der Waals surface area contributed by atoms with Gasteiger partial charge in [0.2, 0.25) is 0 Å². The maximum atomic E-state index is 5.65. The number of hydrogen-bond acceptors (Lipinski definition) is 5. The highest BCUT2D eigenvalue weighted by Crippen LogP contribution is 2.24. The number of anilines is 1. The van der Waals surface area contributed by atoms with Crippen LogP contribution in [-0.4, -0.2) is 37.3 Å². The molecule has 0 bridgehead atoms. The van der Waals surface area contributed by atoms with Gasteiger partial charge in [-0.1, -0.05) is 6.92 Å². The van der Waals surface area contributed by atoms with E-state index >= 15 is 0 Å². The van der Waals surface area contributed by atoms with Crippen molar-refractivity contribution in [1.29, 1.82) is 0 Å². The molecular formula is C12H21N3OS. The van der Waals surface area contributed by atoms with Crippen molar-refractivity contribution in [2.45, 2.75) is 32.9 Å². The van der Waals surface area contributed by atoms with E-state index in [0.717, 1.165) is 44.3 Å². The standard InChI is InChI=1S/C12H21N3OS/c1-3-13-7-11-8-14-12(17-11)15-5-4-6-16-10(2)9-15/h8,10,13H,3-7,9H2,1-2H3. The SMILES string of the molecule is CCNCc1cnc(N2CCCOC(C)C2)s1. The molecule has 17 heavy (non-hydrogen) atoms. The Balaban J connectivity index is 1.97. The molecule has 1 aromatic rings. The summed E-state index contributed by atoms with van der Waals surface area (Å²) in [7, 11) is 0. The molecule has 96 valence electrons. The summed E-state index contributed by atoms with van der Waals surface area (Å²) < 4.78 is 5.65. The monoisotopic (exact) mass is 255 g/mol. The third kappa shape index (κ3) is 3.66. The zero-order valence-corrected chi connectivity index (χ0v) is 11.4. The van der Waals surface area contributed by atoms with Crippen molar-refractivity contribution in [1.82, 2.24) is 10.3 Å². The van der Waals surface area contributed by atoms with Gasteiger partial charge in [-0.15, -0.1) is 11.3 Å². The number of rotatable bonds is 4. The summed E-state index contributed by atoms with van der Waals surface area (Å²) >= 11 is 1.79. The third-order valence-corrected chi connectivity index (χ3v) is 3.87. The van der Waals surface area contributed by atoms with Gasteiger partial charge in [0.15, 0.2) is 5.13 Å². The minimum Gasteiger partial charge on any atom is -0.377 e. The highest BCUT2D eigenvalue weighted by atomic mass is 32.1. The lowest BCUT2D eigenvalue weighted by atomic mass is 10.4. The second-order valence-corrected chi connectivity index (χ2v) is 5.46. The molecule has 1 N–H and O–H groups in total. The van der Waals surface area contributed by atoms with Crippen LogP contribution in [0.15, 0.2) is 6.20 Å². The zero-order valence-electron chi connectivity index (χ0n) is 10.6. The van der Waals surface area contributed by atoms with Gasteiger partial charge < -0.3 is 15.0 Å². The molecular weight excluding hydrogens is 234 g/mol. The molecule has 0 aliphatic carbocycles. The highest BCUT2D eigenvalue weighted by Gasteiger charge is 2.17. The number of nitrogens with one attached hydrogen (secondary N) is 1. The van der Waals surface area contributed by atoms with Crippen molar-refractivity contribution < 1.29 is 4.74 Å². The van der Waals surface area contributed by atoms with Gasteiger partial charge in [-0.05, 0) is 19.9 Å². The van der Waals surface area contributed by atoms with Gasteiger partial charge in [0, 0.05) is 37.3 Å². The molecule has 1 aromatic heterocycles. The Morgan fingerprint density at radius 3 is 3.35 bits per heavy atom. The Morgan fingerprint density at radius 1 is 1.65 bits per heavy atom. The summed E-state index contributed by atoms with van der Waals surface area (Å²) in [6.07, 6.45) is 3.38. The molecule has 0 radical (unpaired) electrons. The maximum Gasteiger partial charge on any atom is 0.185 e. The first-order valence-corrected chi connectivity index (χ1v) is 7.13. The number of ether oxygens (including phenoxy) is 1. The predicted octanol–water partition coefficient (Wildman–Crippen LogP) is 1.87. The first-order chi connectivity index (χ1) is 8.29. The van der Waals surface area contributed by atoms with Crippen LogP contribution in [0.1, 0.15) is 25.1 Å². The zero-order chi connectivity index (χ0) is 12.1. The fourth-order valence-corrected chi connectivity index (χ4v) is 2.86. The van der Waals surface area contributed by atoms with Crippen molar-refractivity contribution in [3.05, 3.63) is 11.1 Å². The number of hydrogen-bond donors (Lipinski definition) is 1. The average Bonchev–Trinajstić information content (AvgIpc) is 2.69. The lowest BCUT2D eigenvalue weighted by Gasteiger charge is -2.20. The second kappa shape index (κ2) is 6.33. The van der Waals surface area contributed by atoms with Gasteiger partial charge in [0.1, 0.15) is 0 Å². The molecule has 0 saturated carbocycles. The molecule has 1 saturated heterocycles. The lowest BCUT2D eigenvalue weighted by Crippen LogP contribution is -2.29. The van der Waals surface area contributed by atoms with Crippen LogP contribution in [-0.2, 0) is 11.3 Å². The molecule has 0 spiro atoms. The van der Waals surface area contributed by atoms with E-state index in [1.165, 1.54) is 4.88 Å². The van der Waals surface area contributed by atoms with E-state index < -0.39 is 0 Å². The summed E-state index contributed by atoms with van der Waals surface area (Å²) in [6.45, 7) is 9.05. The van der Waals surface area contributed by atoms with Crippen LogP contribution < -0.4 is 10.2 Å². The van der Waals surface area contributed by atoms with Gasteiger partial charge in [0.25, 0.3) is 0 Å². The van der Waals surface area contributed by atoms with E-state index in [1.54, 1.807) is 11.3 Å². The van der Waals surface area contributed by atoms with Crippen LogP contribution in [0.4, 0.5) is 5.13 Å². The molecule has 0 aromatic carbocycles.